The molecule has 0 aliphatic carbocycles. The Morgan fingerprint density at radius 1 is 0.882 bits per heavy atom. The topological polar surface area (TPSA) is 29.3 Å². The summed E-state index contributed by atoms with van der Waals surface area (Å²) >= 11 is 0. The molecule has 0 spiro atoms. The van der Waals surface area contributed by atoms with Gasteiger partial charge in [0, 0.05) is 6.04 Å². The van der Waals surface area contributed by atoms with E-state index >= 15 is 0 Å². The third-order valence-corrected chi connectivity index (χ3v) is 3.47. The molecule has 0 heterocycles. The van der Waals surface area contributed by atoms with Crippen molar-refractivity contribution in [1.82, 2.24) is 4.90 Å². The van der Waals surface area contributed by atoms with E-state index in [1.165, 1.54) is 32.4 Å². The van der Waals surface area contributed by atoms with Crippen LogP contribution in [0.25, 0.3) is 0 Å². The fourth-order valence-corrected chi connectivity index (χ4v) is 2.16. The van der Waals surface area contributed by atoms with E-state index in [1.54, 1.807) is 0 Å². The summed E-state index contributed by atoms with van der Waals surface area (Å²) in [4.78, 5) is 2.67. The maximum absolute atomic E-state index is 5.73. The van der Waals surface area contributed by atoms with Gasteiger partial charge in [0.2, 0.25) is 0 Å². The predicted octanol–water partition coefficient (Wildman–Crippen LogP) is 3.51. The van der Waals surface area contributed by atoms with Crippen molar-refractivity contribution >= 4 is 0 Å². The number of nitrogens with two attached hydrogens (primary N) is 1. The Morgan fingerprint density at radius 2 is 1.35 bits per heavy atom. The Morgan fingerprint density at radius 3 is 1.65 bits per heavy atom. The molecule has 0 fully saturated rings. The molecule has 0 aromatic carbocycles. The molecule has 0 aromatic rings. The van der Waals surface area contributed by atoms with Gasteiger partial charge in [0.15, 0.2) is 0 Å². The molecule has 2 heteroatoms. The minimum absolute atomic E-state index is 0.692. The van der Waals surface area contributed by atoms with Crippen LogP contribution in [0.5, 0.6) is 0 Å². The maximum atomic E-state index is 5.73. The van der Waals surface area contributed by atoms with E-state index in [0.717, 1.165) is 24.8 Å². The van der Waals surface area contributed by atoms with Gasteiger partial charge in [-0.15, -0.1) is 0 Å². The number of rotatable bonds is 10. The standard InChI is InChI=1S/C15H34N2/c1-6-15(7-10-16)17(11-8-13(2)3)12-9-14(4)5/h13-15H,6-12,16H2,1-5H3. The maximum Gasteiger partial charge on any atom is 0.0105 e. The van der Waals surface area contributed by atoms with Crippen LogP contribution in [0.1, 0.15) is 60.3 Å². The first-order valence-corrected chi connectivity index (χ1v) is 7.45. The fraction of sp³-hybridized carbons (Fsp3) is 1.00. The van der Waals surface area contributed by atoms with Crippen LogP contribution in [0, 0.1) is 11.8 Å². The molecule has 0 radical (unpaired) electrons. The molecule has 0 rings (SSSR count). The summed E-state index contributed by atoms with van der Waals surface area (Å²) in [6.45, 7) is 14.8. The van der Waals surface area contributed by atoms with Crippen LogP contribution in [0.3, 0.4) is 0 Å². The van der Waals surface area contributed by atoms with Gasteiger partial charge < -0.3 is 10.6 Å². The van der Waals surface area contributed by atoms with E-state index in [4.69, 9.17) is 5.73 Å². The second kappa shape index (κ2) is 9.90. The molecule has 0 bridgehead atoms. The first kappa shape index (κ1) is 16.9. The molecular formula is C15H34N2. The van der Waals surface area contributed by atoms with Crippen molar-refractivity contribution in [3.63, 3.8) is 0 Å². The summed E-state index contributed by atoms with van der Waals surface area (Å²) in [5, 5.41) is 0. The van der Waals surface area contributed by atoms with Gasteiger partial charge in [-0.05, 0) is 57.2 Å². The van der Waals surface area contributed by atoms with Crippen LogP contribution in [-0.2, 0) is 0 Å². The minimum Gasteiger partial charge on any atom is -0.330 e. The van der Waals surface area contributed by atoms with Crippen molar-refractivity contribution in [2.75, 3.05) is 19.6 Å². The third-order valence-electron chi connectivity index (χ3n) is 3.47. The molecular weight excluding hydrogens is 208 g/mol. The number of nitrogens with zero attached hydrogens (tertiary/aromatic N) is 1. The molecule has 2 N–H and O–H groups in total. The summed E-state index contributed by atoms with van der Waals surface area (Å²) in [5.74, 6) is 1.60. The van der Waals surface area contributed by atoms with E-state index in [1.807, 2.05) is 0 Å². The SMILES string of the molecule is CCC(CCN)N(CCC(C)C)CCC(C)C. The van der Waals surface area contributed by atoms with E-state index in [2.05, 4.69) is 39.5 Å². The smallest absolute Gasteiger partial charge is 0.0105 e. The lowest BCUT2D eigenvalue weighted by Crippen LogP contribution is -2.38. The molecule has 2 nitrogen and oxygen atoms in total. The molecule has 0 saturated carbocycles. The van der Waals surface area contributed by atoms with Crippen LogP contribution in [-0.4, -0.2) is 30.6 Å². The van der Waals surface area contributed by atoms with Crippen molar-refractivity contribution in [3.8, 4) is 0 Å². The summed E-state index contributed by atoms with van der Waals surface area (Å²) in [6, 6.07) is 0.692. The molecule has 1 unspecified atom stereocenters. The lowest BCUT2D eigenvalue weighted by atomic mass is 10.0. The fourth-order valence-electron chi connectivity index (χ4n) is 2.16. The Labute approximate surface area is 109 Å². The predicted molar refractivity (Wildman–Crippen MR) is 78.2 cm³/mol. The zero-order valence-electron chi connectivity index (χ0n) is 12.7. The Kier molecular flexibility index (Phi) is 9.85. The molecule has 17 heavy (non-hydrogen) atoms. The van der Waals surface area contributed by atoms with E-state index in [9.17, 15) is 0 Å². The highest BCUT2D eigenvalue weighted by Crippen LogP contribution is 2.14. The molecule has 0 aromatic heterocycles. The average molecular weight is 242 g/mol. The highest BCUT2D eigenvalue weighted by Gasteiger charge is 2.16. The second-order valence-electron chi connectivity index (χ2n) is 6.04. The van der Waals surface area contributed by atoms with Crippen molar-refractivity contribution in [3.05, 3.63) is 0 Å². The zero-order valence-corrected chi connectivity index (χ0v) is 12.7. The first-order chi connectivity index (χ1) is 8.01. The summed E-state index contributed by atoms with van der Waals surface area (Å²) in [7, 11) is 0. The molecule has 0 aliphatic heterocycles. The number of hydrogen-bond acceptors (Lipinski definition) is 2. The van der Waals surface area contributed by atoms with Gasteiger partial charge in [-0.25, -0.2) is 0 Å². The third kappa shape index (κ3) is 8.62. The van der Waals surface area contributed by atoms with Crippen LogP contribution < -0.4 is 5.73 Å². The normalized spacial score (nSPS) is 13.9. The highest BCUT2D eigenvalue weighted by molar-refractivity contribution is 4.72. The molecule has 0 aliphatic rings. The first-order valence-electron chi connectivity index (χ1n) is 7.45. The van der Waals surface area contributed by atoms with Gasteiger partial charge in [-0.3, -0.25) is 0 Å². The highest BCUT2D eigenvalue weighted by atomic mass is 15.1. The Hall–Kier alpha value is -0.0800. The summed E-state index contributed by atoms with van der Waals surface area (Å²) < 4.78 is 0. The van der Waals surface area contributed by atoms with Gasteiger partial charge in [0.1, 0.15) is 0 Å². The van der Waals surface area contributed by atoms with Crippen LogP contribution in [0.15, 0.2) is 0 Å². The van der Waals surface area contributed by atoms with Gasteiger partial charge in [-0.1, -0.05) is 34.6 Å². The lowest BCUT2D eigenvalue weighted by molar-refractivity contribution is 0.165. The Balaban J connectivity index is 4.24. The van der Waals surface area contributed by atoms with Gasteiger partial charge in [0.05, 0.1) is 0 Å². The largest absolute Gasteiger partial charge is 0.330 e. The van der Waals surface area contributed by atoms with Crippen LogP contribution in [0.2, 0.25) is 0 Å². The van der Waals surface area contributed by atoms with Crippen molar-refractivity contribution in [2.24, 2.45) is 17.6 Å². The van der Waals surface area contributed by atoms with E-state index < -0.39 is 0 Å². The quantitative estimate of drug-likeness (QED) is 0.635. The molecule has 104 valence electrons. The monoisotopic (exact) mass is 242 g/mol. The van der Waals surface area contributed by atoms with E-state index in [0.29, 0.717) is 6.04 Å². The van der Waals surface area contributed by atoms with Gasteiger partial charge in [-0.2, -0.15) is 0 Å². The molecule has 0 saturated heterocycles. The Bertz CT molecular complexity index is 154. The number of hydrogen-bond donors (Lipinski definition) is 1. The summed E-state index contributed by atoms with van der Waals surface area (Å²) in [6.07, 6.45) is 4.98. The average Bonchev–Trinajstić information content (AvgIpc) is 2.26. The molecule has 0 amide bonds. The molecule has 1 atom stereocenters. The lowest BCUT2D eigenvalue weighted by Gasteiger charge is -2.32. The second-order valence-corrected chi connectivity index (χ2v) is 6.04. The van der Waals surface area contributed by atoms with Crippen molar-refractivity contribution in [2.45, 2.75) is 66.3 Å². The van der Waals surface area contributed by atoms with Crippen LogP contribution >= 0.6 is 0 Å². The van der Waals surface area contributed by atoms with Crippen molar-refractivity contribution in [1.29, 1.82) is 0 Å². The zero-order chi connectivity index (χ0) is 13.3. The van der Waals surface area contributed by atoms with E-state index in [-0.39, 0.29) is 0 Å². The minimum atomic E-state index is 0.692. The van der Waals surface area contributed by atoms with Gasteiger partial charge in [0.25, 0.3) is 0 Å². The van der Waals surface area contributed by atoms with Crippen LogP contribution in [0.4, 0.5) is 0 Å². The summed E-state index contributed by atoms with van der Waals surface area (Å²) in [5.41, 5.74) is 5.73. The van der Waals surface area contributed by atoms with Gasteiger partial charge >= 0.3 is 0 Å². The van der Waals surface area contributed by atoms with Crippen molar-refractivity contribution < 1.29 is 0 Å².